The van der Waals surface area contributed by atoms with Crippen LogP contribution in [-0.4, -0.2) is 33.9 Å². The molecule has 0 bridgehead atoms. The largest absolute Gasteiger partial charge is 0.337 e. The fraction of sp³-hybridized carbons (Fsp3) is 0.318. The Hall–Kier alpha value is -2.40. The van der Waals surface area contributed by atoms with Gasteiger partial charge in [-0.2, -0.15) is 0 Å². The fourth-order valence-electron chi connectivity index (χ4n) is 3.40. The molecular weight excluding hydrogens is 354 g/mol. The Balaban J connectivity index is 1.47. The number of thioether (sulfide) groups is 1. The quantitative estimate of drug-likeness (QED) is 0.613. The van der Waals surface area contributed by atoms with Crippen molar-refractivity contribution < 1.29 is 4.79 Å². The van der Waals surface area contributed by atoms with E-state index in [1.54, 1.807) is 11.8 Å². The zero-order valence-corrected chi connectivity index (χ0v) is 16.3. The minimum Gasteiger partial charge on any atom is -0.337 e. The van der Waals surface area contributed by atoms with Gasteiger partial charge in [0.05, 0.1) is 11.2 Å². The van der Waals surface area contributed by atoms with Gasteiger partial charge >= 0.3 is 0 Å². The van der Waals surface area contributed by atoms with Crippen molar-refractivity contribution in [2.24, 2.45) is 5.92 Å². The molecule has 4 rings (SSSR count). The third kappa shape index (κ3) is 4.14. The van der Waals surface area contributed by atoms with E-state index in [1.807, 2.05) is 35.4 Å². The van der Waals surface area contributed by atoms with Gasteiger partial charge < -0.3 is 4.90 Å². The number of piperidine rings is 1. The zero-order valence-electron chi connectivity index (χ0n) is 15.5. The maximum Gasteiger partial charge on any atom is 0.272 e. The Bertz CT molecular complexity index is 946. The summed E-state index contributed by atoms with van der Waals surface area (Å²) in [4.78, 5) is 25.0. The Morgan fingerprint density at radius 3 is 2.74 bits per heavy atom. The average Bonchev–Trinajstić information content (AvgIpc) is 2.72. The number of fused-ring (bicyclic) bond motifs is 1. The Morgan fingerprint density at radius 1 is 1.11 bits per heavy atom. The van der Waals surface area contributed by atoms with Crippen molar-refractivity contribution in [3.8, 4) is 0 Å². The van der Waals surface area contributed by atoms with Gasteiger partial charge in [-0.15, -0.1) is 11.8 Å². The van der Waals surface area contributed by atoms with E-state index in [-0.39, 0.29) is 5.91 Å². The molecule has 1 saturated heterocycles. The summed E-state index contributed by atoms with van der Waals surface area (Å²) in [5, 5.41) is 1.14. The van der Waals surface area contributed by atoms with Crippen molar-refractivity contribution in [1.82, 2.24) is 14.9 Å². The normalized spacial score (nSPS) is 15.2. The van der Waals surface area contributed by atoms with E-state index in [2.05, 4.69) is 41.2 Å². The van der Waals surface area contributed by atoms with Crippen LogP contribution in [0.25, 0.3) is 10.9 Å². The predicted octanol–water partition coefficient (Wildman–Crippen LogP) is 4.79. The Morgan fingerprint density at radius 2 is 1.89 bits per heavy atom. The SMILES string of the molecule is CC1CCN(C(=O)c2cccc(CSc3cccc4cccnc34)n2)CC1. The van der Waals surface area contributed by atoms with Gasteiger partial charge in [0, 0.05) is 35.3 Å². The van der Waals surface area contributed by atoms with E-state index in [0.29, 0.717) is 17.4 Å². The van der Waals surface area contributed by atoms with Gasteiger partial charge in [-0.05, 0) is 43.0 Å². The monoisotopic (exact) mass is 377 g/mol. The average molecular weight is 378 g/mol. The summed E-state index contributed by atoms with van der Waals surface area (Å²) < 4.78 is 0. The number of nitrogens with zero attached hydrogens (tertiary/aromatic N) is 3. The van der Waals surface area contributed by atoms with Crippen LogP contribution in [-0.2, 0) is 5.75 Å². The molecule has 27 heavy (non-hydrogen) atoms. The smallest absolute Gasteiger partial charge is 0.272 e. The second kappa shape index (κ2) is 8.09. The summed E-state index contributed by atoms with van der Waals surface area (Å²) >= 11 is 1.71. The van der Waals surface area contributed by atoms with E-state index >= 15 is 0 Å². The van der Waals surface area contributed by atoms with Crippen molar-refractivity contribution >= 4 is 28.6 Å². The van der Waals surface area contributed by atoms with E-state index in [9.17, 15) is 4.79 Å². The third-order valence-electron chi connectivity index (χ3n) is 5.07. The summed E-state index contributed by atoms with van der Waals surface area (Å²) in [7, 11) is 0. The molecule has 3 aromatic rings. The summed E-state index contributed by atoms with van der Waals surface area (Å²) in [5.41, 5.74) is 2.49. The molecule has 0 unspecified atom stereocenters. The number of carbonyl (C=O) groups is 1. The lowest BCUT2D eigenvalue weighted by Crippen LogP contribution is -2.38. The predicted molar refractivity (Wildman–Crippen MR) is 110 cm³/mol. The van der Waals surface area contributed by atoms with Crippen LogP contribution in [0.1, 0.15) is 35.9 Å². The summed E-state index contributed by atoms with van der Waals surface area (Å²) in [6.45, 7) is 3.92. The first-order chi connectivity index (χ1) is 13.2. The molecule has 0 spiro atoms. The number of hydrogen-bond donors (Lipinski definition) is 0. The molecule has 0 saturated carbocycles. The van der Waals surface area contributed by atoms with Crippen LogP contribution in [0.2, 0.25) is 0 Å². The van der Waals surface area contributed by atoms with E-state index in [0.717, 1.165) is 47.4 Å². The number of carbonyl (C=O) groups excluding carboxylic acids is 1. The van der Waals surface area contributed by atoms with Crippen molar-refractivity contribution in [2.75, 3.05) is 13.1 Å². The molecule has 0 aliphatic carbocycles. The first kappa shape index (κ1) is 18.0. The molecule has 3 heterocycles. The van der Waals surface area contributed by atoms with Gasteiger partial charge in [0.2, 0.25) is 0 Å². The number of rotatable bonds is 4. The van der Waals surface area contributed by atoms with Crippen LogP contribution in [0, 0.1) is 5.92 Å². The number of aromatic nitrogens is 2. The molecular formula is C22H23N3OS. The highest BCUT2D eigenvalue weighted by atomic mass is 32.2. The van der Waals surface area contributed by atoms with Crippen LogP contribution in [0.15, 0.2) is 59.6 Å². The summed E-state index contributed by atoms with van der Waals surface area (Å²) in [6, 6.07) is 16.0. The molecule has 0 N–H and O–H groups in total. The molecule has 0 atom stereocenters. The molecule has 1 aliphatic heterocycles. The molecule has 138 valence electrons. The number of hydrogen-bond acceptors (Lipinski definition) is 4. The van der Waals surface area contributed by atoms with Gasteiger partial charge in [0.25, 0.3) is 5.91 Å². The maximum atomic E-state index is 12.8. The summed E-state index contributed by atoms with van der Waals surface area (Å²) in [5.74, 6) is 1.48. The molecule has 4 nitrogen and oxygen atoms in total. The number of likely N-dealkylation sites (tertiary alicyclic amines) is 1. The van der Waals surface area contributed by atoms with Gasteiger partial charge in [0.1, 0.15) is 5.69 Å². The van der Waals surface area contributed by atoms with Crippen LogP contribution in [0.5, 0.6) is 0 Å². The Labute approximate surface area is 164 Å². The van der Waals surface area contributed by atoms with Crippen LogP contribution >= 0.6 is 11.8 Å². The second-order valence-corrected chi connectivity index (χ2v) is 8.13. The second-order valence-electron chi connectivity index (χ2n) is 7.11. The Kier molecular flexibility index (Phi) is 5.39. The van der Waals surface area contributed by atoms with Gasteiger partial charge in [0.15, 0.2) is 0 Å². The molecule has 1 fully saturated rings. The van der Waals surface area contributed by atoms with Crippen LogP contribution in [0.4, 0.5) is 0 Å². The molecule has 1 aromatic carbocycles. The minimum absolute atomic E-state index is 0.0561. The fourth-order valence-corrected chi connectivity index (χ4v) is 4.34. The lowest BCUT2D eigenvalue weighted by atomic mass is 9.99. The van der Waals surface area contributed by atoms with Crippen molar-refractivity contribution in [1.29, 1.82) is 0 Å². The molecule has 1 amide bonds. The number of amides is 1. The van der Waals surface area contributed by atoms with E-state index in [4.69, 9.17) is 0 Å². The minimum atomic E-state index is 0.0561. The topological polar surface area (TPSA) is 46.1 Å². The number of pyridine rings is 2. The standard InChI is InChI=1S/C22H23N3OS/c1-16-10-13-25(14-11-16)22(26)19-8-3-7-18(24-19)15-27-20-9-2-5-17-6-4-12-23-21(17)20/h2-9,12,16H,10-11,13-15H2,1H3. The van der Waals surface area contributed by atoms with Gasteiger partial charge in [-0.25, -0.2) is 4.98 Å². The molecule has 2 aromatic heterocycles. The number of benzene rings is 1. The lowest BCUT2D eigenvalue weighted by Gasteiger charge is -2.30. The summed E-state index contributed by atoms with van der Waals surface area (Å²) in [6.07, 6.45) is 3.98. The highest BCUT2D eigenvalue weighted by Crippen LogP contribution is 2.28. The number of para-hydroxylation sites is 1. The third-order valence-corrected chi connectivity index (χ3v) is 6.15. The molecule has 5 heteroatoms. The van der Waals surface area contributed by atoms with Crippen LogP contribution < -0.4 is 0 Å². The van der Waals surface area contributed by atoms with E-state index < -0.39 is 0 Å². The zero-order chi connectivity index (χ0) is 18.6. The van der Waals surface area contributed by atoms with Gasteiger partial charge in [-0.1, -0.05) is 31.2 Å². The van der Waals surface area contributed by atoms with Crippen LogP contribution in [0.3, 0.4) is 0 Å². The first-order valence-corrected chi connectivity index (χ1v) is 10.4. The van der Waals surface area contributed by atoms with Crippen molar-refractivity contribution in [3.05, 3.63) is 66.1 Å². The van der Waals surface area contributed by atoms with Gasteiger partial charge in [-0.3, -0.25) is 9.78 Å². The van der Waals surface area contributed by atoms with E-state index in [1.165, 1.54) is 0 Å². The highest BCUT2D eigenvalue weighted by molar-refractivity contribution is 7.98. The first-order valence-electron chi connectivity index (χ1n) is 9.42. The maximum absolute atomic E-state index is 12.8. The lowest BCUT2D eigenvalue weighted by molar-refractivity contribution is 0.0691. The molecule has 0 radical (unpaired) electrons. The van der Waals surface area contributed by atoms with Crippen molar-refractivity contribution in [2.45, 2.75) is 30.4 Å². The highest BCUT2D eigenvalue weighted by Gasteiger charge is 2.22. The molecule has 1 aliphatic rings. The van der Waals surface area contributed by atoms with Crippen molar-refractivity contribution in [3.63, 3.8) is 0 Å².